The minimum Gasteiger partial charge on any atom is -0.472 e. The lowest BCUT2D eigenvalue weighted by Crippen LogP contribution is -2.00. The predicted molar refractivity (Wildman–Crippen MR) is 81.2 cm³/mol. The molecule has 3 aromatic rings. The number of aromatic nitrogens is 2. The maximum atomic E-state index is 5.90. The van der Waals surface area contributed by atoms with Gasteiger partial charge in [-0.25, -0.2) is 4.98 Å². The van der Waals surface area contributed by atoms with Crippen LogP contribution in [0.2, 0.25) is 0 Å². The first kappa shape index (κ1) is 12.9. The molecular weight excluding hydrogens is 280 g/mol. The number of ether oxygens (including phenoxy) is 3. The third-order valence-electron chi connectivity index (χ3n) is 3.49. The number of hydrogen-bond acceptors (Lipinski definition) is 5. The standard InChI is InChI=1S/C17H14N2O3/c1-11-18-14-5-3-2-4-13(14)17(19-11)20-9-12-6-7-15-16(8-12)22-10-21-15/h2-8H,9-10H2,1H3. The van der Waals surface area contributed by atoms with E-state index in [1.165, 1.54) is 0 Å². The molecule has 0 amide bonds. The van der Waals surface area contributed by atoms with Gasteiger partial charge in [0.05, 0.1) is 10.9 Å². The Kier molecular flexibility index (Phi) is 3.04. The molecule has 0 radical (unpaired) electrons. The smallest absolute Gasteiger partial charge is 0.231 e. The van der Waals surface area contributed by atoms with Crippen molar-refractivity contribution in [3.63, 3.8) is 0 Å². The van der Waals surface area contributed by atoms with Crippen molar-refractivity contribution in [2.75, 3.05) is 6.79 Å². The molecule has 22 heavy (non-hydrogen) atoms. The van der Waals surface area contributed by atoms with Crippen molar-refractivity contribution in [2.45, 2.75) is 13.5 Å². The molecule has 0 bridgehead atoms. The number of para-hydroxylation sites is 1. The summed E-state index contributed by atoms with van der Waals surface area (Å²) in [5.41, 5.74) is 1.89. The van der Waals surface area contributed by atoms with Crippen molar-refractivity contribution < 1.29 is 14.2 Å². The van der Waals surface area contributed by atoms with E-state index in [0.29, 0.717) is 18.3 Å². The van der Waals surface area contributed by atoms with Crippen LogP contribution in [0, 0.1) is 6.92 Å². The fraction of sp³-hybridized carbons (Fsp3) is 0.176. The lowest BCUT2D eigenvalue weighted by atomic mass is 10.2. The van der Waals surface area contributed by atoms with E-state index in [0.717, 1.165) is 28.0 Å². The lowest BCUT2D eigenvalue weighted by Gasteiger charge is -2.09. The van der Waals surface area contributed by atoms with E-state index in [1.54, 1.807) is 0 Å². The number of rotatable bonds is 3. The van der Waals surface area contributed by atoms with E-state index in [1.807, 2.05) is 49.4 Å². The Morgan fingerprint density at radius 2 is 1.91 bits per heavy atom. The molecule has 2 heterocycles. The highest BCUT2D eigenvalue weighted by atomic mass is 16.7. The molecule has 0 unspecified atom stereocenters. The van der Waals surface area contributed by atoms with E-state index in [2.05, 4.69) is 9.97 Å². The van der Waals surface area contributed by atoms with Crippen LogP contribution < -0.4 is 14.2 Å². The van der Waals surface area contributed by atoms with Gasteiger partial charge in [0, 0.05) is 0 Å². The second-order valence-corrected chi connectivity index (χ2v) is 5.07. The van der Waals surface area contributed by atoms with Crippen LogP contribution in [-0.4, -0.2) is 16.8 Å². The molecule has 4 rings (SSSR count). The zero-order valence-electron chi connectivity index (χ0n) is 12.1. The Morgan fingerprint density at radius 1 is 1.05 bits per heavy atom. The molecule has 5 nitrogen and oxygen atoms in total. The average molecular weight is 294 g/mol. The molecule has 0 atom stereocenters. The molecule has 1 aliphatic heterocycles. The monoisotopic (exact) mass is 294 g/mol. The molecule has 0 fully saturated rings. The number of hydrogen-bond donors (Lipinski definition) is 0. The van der Waals surface area contributed by atoms with E-state index in [9.17, 15) is 0 Å². The first-order valence-corrected chi connectivity index (χ1v) is 7.04. The van der Waals surface area contributed by atoms with Gasteiger partial charge in [-0.15, -0.1) is 0 Å². The van der Waals surface area contributed by atoms with Crippen LogP contribution in [0.25, 0.3) is 10.9 Å². The molecule has 0 N–H and O–H groups in total. The van der Waals surface area contributed by atoms with Gasteiger partial charge in [-0.05, 0) is 36.8 Å². The maximum Gasteiger partial charge on any atom is 0.231 e. The summed E-state index contributed by atoms with van der Waals surface area (Å²) in [6, 6.07) is 13.6. The van der Waals surface area contributed by atoms with Gasteiger partial charge in [-0.2, -0.15) is 4.98 Å². The molecule has 0 aliphatic carbocycles. The quantitative estimate of drug-likeness (QED) is 0.742. The largest absolute Gasteiger partial charge is 0.472 e. The lowest BCUT2D eigenvalue weighted by molar-refractivity contribution is 0.174. The van der Waals surface area contributed by atoms with Gasteiger partial charge in [0.2, 0.25) is 12.7 Å². The van der Waals surface area contributed by atoms with Gasteiger partial charge >= 0.3 is 0 Å². The van der Waals surface area contributed by atoms with Crippen molar-refractivity contribution in [2.24, 2.45) is 0 Å². The van der Waals surface area contributed by atoms with Crippen LogP contribution in [0.1, 0.15) is 11.4 Å². The van der Waals surface area contributed by atoms with Crippen LogP contribution >= 0.6 is 0 Å². The Balaban J connectivity index is 1.61. The molecule has 2 aromatic carbocycles. The SMILES string of the molecule is Cc1nc(OCc2ccc3c(c2)OCO3)c2ccccc2n1. The molecule has 0 saturated heterocycles. The van der Waals surface area contributed by atoms with Crippen LogP contribution in [0.4, 0.5) is 0 Å². The first-order valence-electron chi connectivity index (χ1n) is 7.04. The van der Waals surface area contributed by atoms with Crippen molar-refractivity contribution >= 4 is 10.9 Å². The summed E-state index contributed by atoms with van der Waals surface area (Å²) in [7, 11) is 0. The van der Waals surface area contributed by atoms with Crippen molar-refractivity contribution in [1.29, 1.82) is 0 Å². The Morgan fingerprint density at radius 3 is 2.86 bits per heavy atom. The van der Waals surface area contributed by atoms with Crippen molar-refractivity contribution in [1.82, 2.24) is 9.97 Å². The minimum atomic E-state index is 0.273. The van der Waals surface area contributed by atoms with Gasteiger partial charge < -0.3 is 14.2 Å². The highest BCUT2D eigenvalue weighted by Gasteiger charge is 2.14. The average Bonchev–Trinajstić information content (AvgIpc) is 3.00. The highest BCUT2D eigenvalue weighted by Crippen LogP contribution is 2.33. The van der Waals surface area contributed by atoms with Gasteiger partial charge in [-0.1, -0.05) is 18.2 Å². The second-order valence-electron chi connectivity index (χ2n) is 5.07. The molecule has 110 valence electrons. The zero-order chi connectivity index (χ0) is 14.9. The number of aryl methyl sites for hydroxylation is 1. The third kappa shape index (κ3) is 2.30. The Bertz CT molecular complexity index is 848. The minimum absolute atomic E-state index is 0.273. The molecule has 1 aliphatic rings. The Hall–Kier alpha value is -2.82. The summed E-state index contributed by atoms with van der Waals surface area (Å²) in [4.78, 5) is 8.81. The third-order valence-corrected chi connectivity index (χ3v) is 3.49. The number of nitrogens with zero attached hydrogens (tertiary/aromatic N) is 2. The van der Waals surface area contributed by atoms with Crippen LogP contribution in [0.5, 0.6) is 17.4 Å². The van der Waals surface area contributed by atoms with E-state index in [-0.39, 0.29) is 6.79 Å². The molecular formula is C17H14N2O3. The summed E-state index contributed by atoms with van der Waals surface area (Å²) in [5.74, 6) is 2.82. The van der Waals surface area contributed by atoms with Crippen LogP contribution in [0.15, 0.2) is 42.5 Å². The van der Waals surface area contributed by atoms with Crippen molar-refractivity contribution in [3.8, 4) is 17.4 Å². The van der Waals surface area contributed by atoms with Gasteiger partial charge in [-0.3, -0.25) is 0 Å². The Labute approximate surface area is 127 Å². The molecule has 1 aromatic heterocycles. The summed E-state index contributed by atoms with van der Waals surface area (Å²) >= 11 is 0. The van der Waals surface area contributed by atoms with E-state index in [4.69, 9.17) is 14.2 Å². The van der Waals surface area contributed by atoms with Crippen molar-refractivity contribution in [3.05, 3.63) is 53.9 Å². The number of benzene rings is 2. The van der Waals surface area contributed by atoms with Crippen LogP contribution in [-0.2, 0) is 6.61 Å². The van der Waals surface area contributed by atoms with E-state index < -0.39 is 0 Å². The summed E-state index contributed by atoms with van der Waals surface area (Å²) in [6.45, 7) is 2.55. The molecule has 0 saturated carbocycles. The van der Waals surface area contributed by atoms with Crippen LogP contribution in [0.3, 0.4) is 0 Å². The molecule has 0 spiro atoms. The summed E-state index contributed by atoms with van der Waals surface area (Å²) in [5, 5.41) is 0.911. The normalized spacial score (nSPS) is 12.6. The topological polar surface area (TPSA) is 53.5 Å². The fourth-order valence-electron chi connectivity index (χ4n) is 2.45. The second kappa shape index (κ2) is 5.18. The first-order chi connectivity index (χ1) is 10.8. The van der Waals surface area contributed by atoms with E-state index >= 15 is 0 Å². The fourth-order valence-corrected chi connectivity index (χ4v) is 2.45. The maximum absolute atomic E-state index is 5.90. The molecule has 5 heteroatoms. The summed E-state index contributed by atoms with van der Waals surface area (Å²) < 4.78 is 16.6. The highest BCUT2D eigenvalue weighted by molar-refractivity contribution is 5.83. The predicted octanol–water partition coefficient (Wildman–Crippen LogP) is 3.25. The van der Waals surface area contributed by atoms with Gasteiger partial charge in [0.15, 0.2) is 11.5 Å². The zero-order valence-corrected chi connectivity index (χ0v) is 12.1. The van der Waals surface area contributed by atoms with Gasteiger partial charge in [0.1, 0.15) is 12.4 Å². The van der Waals surface area contributed by atoms with Gasteiger partial charge in [0.25, 0.3) is 0 Å². The summed E-state index contributed by atoms with van der Waals surface area (Å²) in [6.07, 6.45) is 0. The number of fused-ring (bicyclic) bond motifs is 2.